The zero-order valence-corrected chi connectivity index (χ0v) is 10.5. The molecule has 0 aromatic rings. The Labute approximate surface area is 98.6 Å². The van der Waals surface area contributed by atoms with Crippen molar-refractivity contribution in [1.82, 2.24) is 10.2 Å². The highest BCUT2D eigenvalue weighted by Gasteiger charge is 2.26. The van der Waals surface area contributed by atoms with Crippen LogP contribution in [0.3, 0.4) is 0 Å². The Morgan fingerprint density at radius 1 is 1.62 bits per heavy atom. The van der Waals surface area contributed by atoms with E-state index in [9.17, 15) is 4.79 Å². The molecule has 4 heteroatoms. The first-order valence-electron chi connectivity index (χ1n) is 6.38. The predicted molar refractivity (Wildman–Crippen MR) is 66.1 cm³/mol. The van der Waals surface area contributed by atoms with Gasteiger partial charge in [-0.3, -0.25) is 9.69 Å². The highest BCUT2D eigenvalue weighted by molar-refractivity contribution is 5.78. The van der Waals surface area contributed by atoms with Gasteiger partial charge in [0.15, 0.2) is 0 Å². The smallest absolute Gasteiger partial charge is 0.234 e. The molecule has 0 radical (unpaired) electrons. The number of amides is 1. The van der Waals surface area contributed by atoms with Crippen molar-refractivity contribution in [3.63, 3.8) is 0 Å². The molecule has 1 saturated heterocycles. The largest absolute Gasteiger partial charge is 0.355 e. The summed E-state index contributed by atoms with van der Waals surface area (Å²) >= 11 is 0. The van der Waals surface area contributed by atoms with E-state index in [1.807, 2.05) is 0 Å². The van der Waals surface area contributed by atoms with Crippen molar-refractivity contribution in [2.75, 3.05) is 26.2 Å². The van der Waals surface area contributed by atoms with Gasteiger partial charge in [-0.05, 0) is 32.2 Å². The number of hydrogen-bond acceptors (Lipinski definition) is 3. The zero-order chi connectivity index (χ0) is 12.0. The number of unbranched alkanes of at least 4 members (excludes halogenated alkanes) is 1. The van der Waals surface area contributed by atoms with Gasteiger partial charge < -0.3 is 11.1 Å². The van der Waals surface area contributed by atoms with Crippen LogP contribution in [-0.4, -0.2) is 43.0 Å². The number of nitrogens with two attached hydrogens (primary N) is 1. The molecule has 0 bridgehead atoms. The molecule has 1 aliphatic rings. The van der Waals surface area contributed by atoms with Crippen LogP contribution in [0.2, 0.25) is 0 Å². The van der Waals surface area contributed by atoms with Crippen molar-refractivity contribution in [2.24, 2.45) is 11.7 Å². The molecule has 16 heavy (non-hydrogen) atoms. The molecule has 2 atom stereocenters. The number of hydrogen-bond donors (Lipinski definition) is 2. The molecule has 4 nitrogen and oxygen atoms in total. The van der Waals surface area contributed by atoms with E-state index in [1.165, 1.54) is 0 Å². The molecular weight excluding hydrogens is 202 g/mol. The van der Waals surface area contributed by atoms with Crippen LogP contribution in [0.5, 0.6) is 0 Å². The average Bonchev–Trinajstić information content (AvgIpc) is 2.66. The standard InChI is InChI=1S/C12H25N3O/c1-3-4-6-14-12(16)9-15-7-5-11(8-15)10(2)13/h10-11H,3-9,13H2,1-2H3,(H,14,16). The SMILES string of the molecule is CCCCNC(=O)CN1CCC(C(C)N)C1. The van der Waals surface area contributed by atoms with Gasteiger partial charge in [-0.1, -0.05) is 13.3 Å². The maximum Gasteiger partial charge on any atom is 0.234 e. The van der Waals surface area contributed by atoms with Gasteiger partial charge in [-0.25, -0.2) is 0 Å². The van der Waals surface area contributed by atoms with E-state index in [0.717, 1.165) is 38.9 Å². The summed E-state index contributed by atoms with van der Waals surface area (Å²) in [6, 6.07) is 0.244. The lowest BCUT2D eigenvalue weighted by Gasteiger charge is -2.17. The summed E-state index contributed by atoms with van der Waals surface area (Å²) in [4.78, 5) is 13.8. The van der Waals surface area contributed by atoms with Gasteiger partial charge in [0.25, 0.3) is 0 Å². The molecule has 1 heterocycles. The quantitative estimate of drug-likeness (QED) is 0.652. The van der Waals surface area contributed by atoms with Crippen molar-refractivity contribution in [3.8, 4) is 0 Å². The second-order valence-corrected chi connectivity index (χ2v) is 4.85. The maximum absolute atomic E-state index is 11.6. The normalized spacial score (nSPS) is 23.3. The first kappa shape index (κ1) is 13.5. The molecule has 0 aromatic heterocycles. The van der Waals surface area contributed by atoms with Crippen molar-refractivity contribution < 1.29 is 4.79 Å². The lowest BCUT2D eigenvalue weighted by Crippen LogP contribution is -2.37. The van der Waals surface area contributed by atoms with Gasteiger partial charge in [0.2, 0.25) is 5.91 Å². The number of carbonyl (C=O) groups excluding carboxylic acids is 1. The summed E-state index contributed by atoms with van der Waals surface area (Å²) in [5, 5.41) is 2.94. The number of nitrogens with one attached hydrogen (secondary N) is 1. The highest BCUT2D eigenvalue weighted by atomic mass is 16.2. The van der Waals surface area contributed by atoms with E-state index in [-0.39, 0.29) is 11.9 Å². The van der Waals surface area contributed by atoms with Crippen LogP contribution in [0.25, 0.3) is 0 Å². The molecular formula is C12H25N3O. The fraction of sp³-hybridized carbons (Fsp3) is 0.917. The lowest BCUT2D eigenvalue weighted by molar-refractivity contribution is -0.122. The molecule has 0 saturated carbocycles. The van der Waals surface area contributed by atoms with E-state index in [1.54, 1.807) is 0 Å². The van der Waals surface area contributed by atoms with Crippen molar-refractivity contribution in [2.45, 2.75) is 39.2 Å². The Morgan fingerprint density at radius 3 is 2.94 bits per heavy atom. The highest BCUT2D eigenvalue weighted by Crippen LogP contribution is 2.17. The van der Waals surface area contributed by atoms with Crippen LogP contribution in [0, 0.1) is 5.92 Å². The molecule has 2 unspecified atom stereocenters. The third kappa shape index (κ3) is 4.49. The molecule has 0 spiro atoms. The van der Waals surface area contributed by atoms with Crippen LogP contribution >= 0.6 is 0 Å². The summed E-state index contributed by atoms with van der Waals surface area (Å²) in [6.45, 7) is 7.49. The van der Waals surface area contributed by atoms with Gasteiger partial charge in [-0.15, -0.1) is 0 Å². The Kier molecular flexibility index (Phi) is 5.77. The zero-order valence-electron chi connectivity index (χ0n) is 10.5. The molecule has 94 valence electrons. The van der Waals surface area contributed by atoms with E-state index >= 15 is 0 Å². The van der Waals surface area contributed by atoms with Crippen LogP contribution in [-0.2, 0) is 4.79 Å². The molecule has 0 aromatic carbocycles. The molecule has 1 aliphatic heterocycles. The molecule has 1 fully saturated rings. The van der Waals surface area contributed by atoms with Crippen molar-refractivity contribution in [1.29, 1.82) is 0 Å². The first-order valence-corrected chi connectivity index (χ1v) is 6.38. The van der Waals surface area contributed by atoms with Crippen LogP contribution in [0.4, 0.5) is 0 Å². The molecule has 1 rings (SSSR count). The summed E-state index contributed by atoms with van der Waals surface area (Å²) in [6.07, 6.45) is 3.31. The molecule has 0 aliphatic carbocycles. The van der Waals surface area contributed by atoms with Gasteiger partial charge in [-0.2, -0.15) is 0 Å². The number of nitrogens with zero attached hydrogens (tertiary/aromatic N) is 1. The minimum absolute atomic E-state index is 0.152. The number of rotatable bonds is 6. The van der Waals surface area contributed by atoms with E-state index in [2.05, 4.69) is 24.1 Å². The second-order valence-electron chi connectivity index (χ2n) is 4.85. The number of likely N-dealkylation sites (tertiary alicyclic amines) is 1. The topological polar surface area (TPSA) is 58.4 Å². The third-order valence-electron chi connectivity index (χ3n) is 3.27. The summed E-state index contributed by atoms with van der Waals surface area (Å²) in [7, 11) is 0. The first-order chi connectivity index (χ1) is 7.63. The Bertz CT molecular complexity index is 218. The maximum atomic E-state index is 11.6. The fourth-order valence-corrected chi connectivity index (χ4v) is 2.10. The Hall–Kier alpha value is -0.610. The summed E-state index contributed by atoms with van der Waals surface area (Å²) in [5.41, 5.74) is 5.86. The minimum Gasteiger partial charge on any atom is -0.355 e. The van der Waals surface area contributed by atoms with E-state index < -0.39 is 0 Å². The van der Waals surface area contributed by atoms with Gasteiger partial charge in [0.1, 0.15) is 0 Å². The summed E-state index contributed by atoms with van der Waals surface area (Å²) < 4.78 is 0. The van der Waals surface area contributed by atoms with Gasteiger partial charge >= 0.3 is 0 Å². The van der Waals surface area contributed by atoms with E-state index in [0.29, 0.717) is 12.5 Å². The second kappa shape index (κ2) is 6.86. The monoisotopic (exact) mass is 227 g/mol. The van der Waals surface area contributed by atoms with Crippen molar-refractivity contribution in [3.05, 3.63) is 0 Å². The lowest BCUT2D eigenvalue weighted by atomic mass is 10.0. The van der Waals surface area contributed by atoms with Crippen LogP contribution in [0.15, 0.2) is 0 Å². The average molecular weight is 227 g/mol. The predicted octanol–water partition coefficient (Wildman–Crippen LogP) is 0.572. The Balaban J connectivity index is 2.16. The molecule has 1 amide bonds. The molecule has 3 N–H and O–H groups in total. The van der Waals surface area contributed by atoms with Gasteiger partial charge in [0, 0.05) is 19.1 Å². The van der Waals surface area contributed by atoms with Crippen molar-refractivity contribution >= 4 is 5.91 Å². The fourth-order valence-electron chi connectivity index (χ4n) is 2.10. The van der Waals surface area contributed by atoms with Crippen LogP contribution < -0.4 is 11.1 Å². The van der Waals surface area contributed by atoms with Gasteiger partial charge in [0.05, 0.1) is 6.54 Å². The third-order valence-corrected chi connectivity index (χ3v) is 3.27. The van der Waals surface area contributed by atoms with Crippen LogP contribution in [0.1, 0.15) is 33.1 Å². The number of carbonyl (C=O) groups is 1. The van der Waals surface area contributed by atoms with E-state index in [4.69, 9.17) is 5.73 Å². The summed E-state index contributed by atoms with van der Waals surface area (Å²) in [5.74, 6) is 0.710. The Morgan fingerprint density at radius 2 is 2.38 bits per heavy atom. The minimum atomic E-state index is 0.152.